The van der Waals surface area contributed by atoms with Crippen LogP contribution in [0.5, 0.6) is 0 Å². The van der Waals surface area contributed by atoms with Crippen LogP contribution in [0.2, 0.25) is 0 Å². The molecule has 18 heavy (non-hydrogen) atoms. The molecule has 2 heteroatoms. The lowest BCUT2D eigenvalue weighted by Crippen LogP contribution is -2.55. The first-order valence-electron chi connectivity index (χ1n) is 7.28. The Morgan fingerprint density at radius 3 is 1.72 bits per heavy atom. The molecule has 0 aromatic heterocycles. The summed E-state index contributed by atoms with van der Waals surface area (Å²) in [6.45, 7) is 8.94. The van der Waals surface area contributed by atoms with Crippen LogP contribution in [-0.2, 0) is 0 Å². The third-order valence-corrected chi connectivity index (χ3v) is 5.06. The summed E-state index contributed by atoms with van der Waals surface area (Å²) >= 11 is 0. The molecule has 0 bridgehead atoms. The average molecular weight is 249 g/mol. The Hall–Kier alpha value is -0.550. The molecule has 0 amide bonds. The van der Waals surface area contributed by atoms with Gasteiger partial charge in [0.15, 0.2) is 0 Å². The fraction of sp³-hybridized carbons (Fsp3) is 0.938. The molecule has 1 N–H and O–H groups in total. The maximum atomic E-state index is 11.3. The molecular weight excluding hydrogens is 222 g/mol. The molecule has 2 aliphatic carbocycles. The Bertz CT molecular complexity index is 353. The van der Waals surface area contributed by atoms with E-state index in [0.717, 1.165) is 44.9 Å². The molecule has 2 saturated carbocycles. The van der Waals surface area contributed by atoms with E-state index in [1.807, 2.05) is 0 Å². The molecular formula is C16H27NO. The van der Waals surface area contributed by atoms with Gasteiger partial charge in [-0.05, 0) is 42.9 Å². The predicted molar refractivity (Wildman–Crippen MR) is 72.9 cm³/mol. The fourth-order valence-corrected chi connectivity index (χ4v) is 5.06. The van der Waals surface area contributed by atoms with Crippen LogP contribution in [0.25, 0.3) is 0 Å². The molecule has 0 heterocycles. The lowest BCUT2D eigenvalue weighted by Gasteiger charge is -2.54. The summed E-state index contributed by atoms with van der Waals surface area (Å²) in [5.41, 5.74) is -1.02. The third-order valence-electron chi connectivity index (χ3n) is 5.06. The van der Waals surface area contributed by atoms with Crippen LogP contribution >= 0.6 is 0 Å². The van der Waals surface area contributed by atoms with Gasteiger partial charge in [0.1, 0.15) is 0 Å². The number of nitrogens with zero attached hydrogens (tertiary/aromatic N) is 1. The molecule has 0 saturated heterocycles. The van der Waals surface area contributed by atoms with Crippen molar-refractivity contribution < 1.29 is 5.11 Å². The molecule has 0 spiro atoms. The van der Waals surface area contributed by atoms with Gasteiger partial charge in [-0.2, -0.15) is 5.26 Å². The summed E-state index contributed by atoms with van der Waals surface area (Å²) in [5.74, 6) is 0. The van der Waals surface area contributed by atoms with E-state index in [1.165, 1.54) is 0 Å². The van der Waals surface area contributed by atoms with E-state index in [-0.39, 0.29) is 10.8 Å². The van der Waals surface area contributed by atoms with E-state index in [2.05, 4.69) is 33.8 Å². The van der Waals surface area contributed by atoms with E-state index in [9.17, 15) is 10.4 Å². The van der Waals surface area contributed by atoms with Gasteiger partial charge in [0.25, 0.3) is 0 Å². The monoisotopic (exact) mass is 249 g/mol. The minimum atomic E-state index is -0.788. The van der Waals surface area contributed by atoms with Crippen molar-refractivity contribution in [3.05, 3.63) is 0 Å². The normalized spacial score (nSPS) is 31.8. The second kappa shape index (κ2) is 3.97. The maximum absolute atomic E-state index is 11.3. The van der Waals surface area contributed by atoms with Crippen molar-refractivity contribution in [2.24, 2.45) is 16.2 Å². The van der Waals surface area contributed by atoms with E-state index in [0.29, 0.717) is 0 Å². The van der Waals surface area contributed by atoms with Gasteiger partial charge in [-0.1, -0.05) is 40.5 Å². The summed E-state index contributed by atoms with van der Waals surface area (Å²) < 4.78 is 0. The summed E-state index contributed by atoms with van der Waals surface area (Å²) in [4.78, 5) is 0. The molecule has 2 rings (SSSR count). The van der Waals surface area contributed by atoms with Crippen molar-refractivity contribution in [2.45, 2.75) is 78.2 Å². The minimum Gasteiger partial charge on any atom is -0.388 e. The van der Waals surface area contributed by atoms with Gasteiger partial charge < -0.3 is 5.11 Å². The highest BCUT2D eigenvalue weighted by molar-refractivity contribution is 5.17. The van der Waals surface area contributed by atoms with E-state index in [4.69, 9.17) is 0 Å². The van der Waals surface area contributed by atoms with E-state index >= 15 is 0 Å². The smallest absolute Gasteiger partial charge is 0.0860 e. The standard InChI is InChI=1S/C16H27NO/c1-13(2)9-14(3,4)11-16(18,10-13)15(12-17)7-5-6-8-15/h18H,5-11H2,1-4H3. The van der Waals surface area contributed by atoms with E-state index in [1.54, 1.807) is 0 Å². The molecule has 102 valence electrons. The van der Waals surface area contributed by atoms with Crippen molar-refractivity contribution in [1.82, 2.24) is 0 Å². The number of aliphatic hydroxyl groups is 1. The Balaban J connectivity index is 2.38. The van der Waals surface area contributed by atoms with Gasteiger partial charge in [0, 0.05) is 0 Å². The van der Waals surface area contributed by atoms with Crippen molar-refractivity contribution in [1.29, 1.82) is 5.26 Å². The van der Waals surface area contributed by atoms with Gasteiger partial charge >= 0.3 is 0 Å². The molecule has 2 nitrogen and oxygen atoms in total. The molecule has 0 unspecified atom stereocenters. The number of rotatable bonds is 1. The molecule has 0 atom stereocenters. The number of hydrogen-bond acceptors (Lipinski definition) is 2. The number of hydrogen-bond donors (Lipinski definition) is 1. The maximum Gasteiger partial charge on any atom is 0.0860 e. The van der Waals surface area contributed by atoms with E-state index < -0.39 is 11.0 Å². The van der Waals surface area contributed by atoms with Gasteiger partial charge in [-0.15, -0.1) is 0 Å². The third kappa shape index (κ3) is 2.18. The second-order valence-corrected chi connectivity index (χ2v) is 8.29. The minimum absolute atomic E-state index is 0.128. The first-order valence-corrected chi connectivity index (χ1v) is 7.28. The Morgan fingerprint density at radius 2 is 1.33 bits per heavy atom. The Morgan fingerprint density at radius 1 is 0.889 bits per heavy atom. The lowest BCUT2D eigenvalue weighted by molar-refractivity contribution is -0.144. The zero-order chi connectivity index (χ0) is 13.7. The van der Waals surface area contributed by atoms with Crippen LogP contribution in [0.4, 0.5) is 0 Å². The quantitative estimate of drug-likeness (QED) is 0.762. The molecule has 2 aliphatic rings. The molecule has 0 aliphatic heterocycles. The molecule has 0 radical (unpaired) electrons. The topological polar surface area (TPSA) is 44.0 Å². The highest BCUT2D eigenvalue weighted by Gasteiger charge is 2.58. The van der Waals surface area contributed by atoms with Gasteiger partial charge in [0.05, 0.1) is 17.1 Å². The Kier molecular flexibility index (Phi) is 3.06. The van der Waals surface area contributed by atoms with Crippen molar-refractivity contribution in [3.63, 3.8) is 0 Å². The van der Waals surface area contributed by atoms with Crippen LogP contribution in [0.1, 0.15) is 72.6 Å². The van der Waals surface area contributed by atoms with Crippen LogP contribution in [0.15, 0.2) is 0 Å². The summed E-state index contributed by atoms with van der Waals surface area (Å²) in [6.07, 6.45) is 6.63. The van der Waals surface area contributed by atoms with Gasteiger partial charge in [-0.25, -0.2) is 0 Å². The highest BCUT2D eigenvalue weighted by atomic mass is 16.3. The summed E-state index contributed by atoms with van der Waals surface area (Å²) in [5, 5.41) is 20.9. The van der Waals surface area contributed by atoms with Crippen molar-refractivity contribution >= 4 is 0 Å². The van der Waals surface area contributed by atoms with Crippen LogP contribution in [0, 0.1) is 27.6 Å². The van der Waals surface area contributed by atoms with Crippen LogP contribution in [-0.4, -0.2) is 10.7 Å². The average Bonchev–Trinajstić information content (AvgIpc) is 2.60. The molecule has 0 aromatic rings. The SMILES string of the molecule is CC1(C)CC(C)(C)CC(O)(C2(C#N)CCCC2)C1. The molecule has 0 aromatic carbocycles. The number of nitriles is 1. The summed E-state index contributed by atoms with van der Waals surface area (Å²) in [7, 11) is 0. The van der Waals surface area contributed by atoms with Crippen molar-refractivity contribution in [3.8, 4) is 6.07 Å². The zero-order valence-corrected chi connectivity index (χ0v) is 12.3. The first kappa shape index (κ1) is 13.9. The largest absolute Gasteiger partial charge is 0.388 e. The zero-order valence-electron chi connectivity index (χ0n) is 12.3. The fourth-order valence-electron chi connectivity index (χ4n) is 5.06. The van der Waals surface area contributed by atoms with Crippen LogP contribution in [0.3, 0.4) is 0 Å². The second-order valence-electron chi connectivity index (χ2n) is 8.29. The predicted octanol–water partition coefficient (Wildman–Crippen LogP) is 4.04. The van der Waals surface area contributed by atoms with Crippen LogP contribution < -0.4 is 0 Å². The lowest BCUT2D eigenvalue weighted by atomic mass is 9.52. The Labute approximate surface area is 111 Å². The highest BCUT2D eigenvalue weighted by Crippen LogP contribution is 2.59. The molecule has 2 fully saturated rings. The van der Waals surface area contributed by atoms with Crippen molar-refractivity contribution in [2.75, 3.05) is 0 Å². The summed E-state index contributed by atoms with van der Waals surface area (Å²) in [6, 6.07) is 2.51. The van der Waals surface area contributed by atoms with Gasteiger partial charge in [0.2, 0.25) is 0 Å². The first-order chi connectivity index (χ1) is 8.14. The van der Waals surface area contributed by atoms with Gasteiger partial charge in [-0.3, -0.25) is 0 Å².